The molecule has 8 heteroatoms. The van der Waals surface area contributed by atoms with Crippen molar-refractivity contribution in [3.05, 3.63) is 57.5 Å². The number of rotatable bonds is 4. The first-order chi connectivity index (χ1) is 10.2. The van der Waals surface area contributed by atoms with Crippen LogP contribution in [0.1, 0.15) is 15.5 Å². The molecule has 1 aromatic carbocycles. The Morgan fingerprint density at radius 1 is 1.24 bits per heavy atom. The highest BCUT2D eigenvalue weighted by atomic mass is 35.5. The van der Waals surface area contributed by atoms with E-state index in [2.05, 4.69) is 15.5 Å². The first-order valence-corrected chi connectivity index (χ1v) is 7.18. The molecule has 0 saturated carbocycles. The maximum atomic E-state index is 11.9. The number of aromatic nitrogens is 4. The monoisotopic (exact) mass is 320 g/mol. The average molecular weight is 321 g/mol. The van der Waals surface area contributed by atoms with Crippen LogP contribution in [0.3, 0.4) is 0 Å². The second kappa shape index (κ2) is 6.02. The maximum Gasteiger partial charge on any atom is 0.348 e. The minimum atomic E-state index is -0.450. The van der Waals surface area contributed by atoms with Gasteiger partial charge in [0.15, 0.2) is 12.4 Å². The van der Waals surface area contributed by atoms with Crippen molar-refractivity contribution in [3.8, 4) is 5.69 Å². The van der Waals surface area contributed by atoms with Crippen LogP contribution in [-0.2, 0) is 11.3 Å². The van der Waals surface area contributed by atoms with Gasteiger partial charge in [0.25, 0.3) is 0 Å². The Bertz CT molecular complexity index is 756. The predicted octanol–water partition coefficient (Wildman–Crippen LogP) is 2.73. The molecule has 6 nitrogen and oxygen atoms in total. The molecule has 0 radical (unpaired) electrons. The topological polar surface area (TPSA) is 69.9 Å². The van der Waals surface area contributed by atoms with Gasteiger partial charge in [-0.15, -0.1) is 16.4 Å². The summed E-state index contributed by atoms with van der Waals surface area (Å²) in [6, 6.07) is 12.6. The summed E-state index contributed by atoms with van der Waals surface area (Å²) in [6.45, 7) is -0.0176. The number of carbonyl (C=O) groups is 1. The van der Waals surface area contributed by atoms with E-state index < -0.39 is 5.97 Å². The van der Waals surface area contributed by atoms with Gasteiger partial charge in [-0.05, 0) is 34.7 Å². The third kappa shape index (κ3) is 3.09. The fraction of sp³-hybridized carbons (Fsp3) is 0.0769. The van der Waals surface area contributed by atoms with E-state index in [1.54, 1.807) is 12.1 Å². The van der Waals surface area contributed by atoms with E-state index in [-0.39, 0.29) is 6.61 Å². The van der Waals surface area contributed by atoms with Gasteiger partial charge < -0.3 is 4.74 Å². The Kier molecular flexibility index (Phi) is 3.94. The fourth-order valence-electron chi connectivity index (χ4n) is 1.69. The smallest absolute Gasteiger partial charge is 0.348 e. The summed E-state index contributed by atoms with van der Waals surface area (Å²) in [5.74, 6) is -0.00767. The van der Waals surface area contributed by atoms with E-state index in [1.165, 1.54) is 16.0 Å². The van der Waals surface area contributed by atoms with E-state index in [0.717, 1.165) is 5.69 Å². The number of para-hydroxylation sites is 1. The Hall–Kier alpha value is -2.25. The highest BCUT2D eigenvalue weighted by Crippen LogP contribution is 2.22. The number of esters is 1. The van der Waals surface area contributed by atoms with Gasteiger partial charge in [0, 0.05) is 0 Å². The molecule has 0 aliphatic carbocycles. The summed E-state index contributed by atoms with van der Waals surface area (Å²) in [4.78, 5) is 12.3. The first kappa shape index (κ1) is 13.7. The summed E-state index contributed by atoms with van der Waals surface area (Å²) in [5, 5.41) is 11.4. The molecular formula is C13H9ClN4O2S. The van der Waals surface area contributed by atoms with Crippen LogP contribution in [0.15, 0.2) is 42.5 Å². The lowest BCUT2D eigenvalue weighted by Gasteiger charge is -2.04. The first-order valence-electron chi connectivity index (χ1n) is 5.99. The number of hydrogen-bond donors (Lipinski definition) is 0. The van der Waals surface area contributed by atoms with E-state index >= 15 is 0 Å². The van der Waals surface area contributed by atoms with Crippen molar-refractivity contribution in [2.45, 2.75) is 6.61 Å². The molecule has 0 atom stereocenters. The van der Waals surface area contributed by atoms with Crippen LogP contribution in [0.25, 0.3) is 5.69 Å². The lowest BCUT2D eigenvalue weighted by molar-refractivity contribution is 0.0465. The molecule has 0 unspecified atom stereocenters. The van der Waals surface area contributed by atoms with Crippen molar-refractivity contribution in [2.75, 3.05) is 0 Å². The largest absolute Gasteiger partial charge is 0.453 e. The molecule has 3 aromatic rings. The number of hydrogen-bond acceptors (Lipinski definition) is 6. The van der Waals surface area contributed by atoms with Crippen LogP contribution in [0.5, 0.6) is 0 Å². The van der Waals surface area contributed by atoms with Crippen LogP contribution < -0.4 is 0 Å². The highest BCUT2D eigenvalue weighted by molar-refractivity contribution is 7.17. The molecule has 2 heterocycles. The van der Waals surface area contributed by atoms with Gasteiger partial charge in [-0.25, -0.2) is 4.79 Å². The average Bonchev–Trinajstić information content (AvgIpc) is 3.14. The lowest BCUT2D eigenvalue weighted by Crippen LogP contribution is -2.09. The van der Waals surface area contributed by atoms with Crippen molar-refractivity contribution in [2.24, 2.45) is 0 Å². The molecule has 21 heavy (non-hydrogen) atoms. The molecule has 0 amide bonds. The molecule has 3 rings (SSSR count). The van der Waals surface area contributed by atoms with Crippen molar-refractivity contribution < 1.29 is 9.53 Å². The molecular weight excluding hydrogens is 312 g/mol. The minimum Gasteiger partial charge on any atom is -0.453 e. The summed E-state index contributed by atoms with van der Waals surface area (Å²) >= 11 is 6.95. The third-order valence-corrected chi connectivity index (χ3v) is 3.85. The highest BCUT2D eigenvalue weighted by Gasteiger charge is 2.14. The van der Waals surface area contributed by atoms with E-state index in [0.29, 0.717) is 15.0 Å². The molecule has 0 fully saturated rings. The van der Waals surface area contributed by atoms with Crippen LogP contribution in [0.4, 0.5) is 0 Å². The molecule has 0 saturated heterocycles. The SMILES string of the molecule is O=C(OCc1nnnn1-c1ccccc1)c1ccc(Cl)s1. The lowest BCUT2D eigenvalue weighted by atomic mass is 10.3. The zero-order chi connectivity index (χ0) is 14.7. The second-order valence-corrected chi connectivity index (χ2v) is 5.74. The van der Waals surface area contributed by atoms with Crippen LogP contribution >= 0.6 is 22.9 Å². The molecule has 0 aliphatic rings. The zero-order valence-electron chi connectivity index (χ0n) is 10.6. The van der Waals surface area contributed by atoms with Gasteiger partial charge in [-0.1, -0.05) is 29.8 Å². The van der Waals surface area contributed by atoms with Gasteiger partial charge in [-0.3, -0.25) is 0 Å². The van der Waals surface area contributed by atoms with Gasteiger partial charge in [0.1, 0.15) is 4.88 Å². The second-order valence-electron chi connectivity index (χ2n) is 4.02. The van der Waals surface area contributed by atoms with Crippen LogP contribution in [0, 0.1) is 0 Å². The normalized spacial score (nSPS) is 10.5. The number of ether oxygens (including phenoxy) is 1. The van der Waals surface area contributed by atoms with E-state index in [1.807, 2.05) is 30.3 Å². The van der Waals surface area contributed by atoms with Crippen LogP contribution in [0.2, 0.25) is 4.34 Å². The molecule has 0 spiro atoms. The standard InChI is InChI=1S/C13H9ClN4O2S/c14-11-7-6-10(21-11)13(19)20-8-12-15-16-17-18(12)9-4-2-1-3-5-9/h1-7H,8H2. The number of carbonyl (C=O) groups excluding carboxylic acids is 1. The zero-order valence-corrected chi connectivity index (χ0v) is 12.2. The maximum absolute atomic E-state index is 11.9. The fourth-order valence-corrected chi connectivity index (χ4v) is 2.63. The Morgan fingerprint density at radius 2 is 2.05 bits per heavy atom. The minimum absolute atomic E-state index is 0.0176. The van der Waals surface area contributed by atoms with Crippen LogP contribution in [-0.4, -0.2) is 26.2 Å². The van der Waals surface area contributed by atoms with Crippen molar-refractivity contribution >= 4 is 28.9 Å². The van der Waals surface area contributed by atoms with E-state index in [9.17, 15) is 4.79 Å². The van der Waals surface area contributed by atoms with Gasteiger partial charge in [-0.2, -0.15) is 4.68 Å². The predicted molar refractivity (Wildman–Crippen MR) is 77.6 cm³/mol. The number of halogens is 1. The Balaban J connectivity index is 1.72. The van der Waals surface area contributed by atoms with Crippen molar-refractivity contribution in [1.29, 1.82) is 0 Å². The number of thiophene rings is 1. The third-order valence-electron chi connectivity index (χ3n) is 2.64. The van der Waals surface area contributed by atoms with E-state index in [4.69, 9.17) is 16.3 Å². The molecule has 106 valence electrons. The van der Waals surface area contributed by atoms with Crippen molar-refractivity contribution in [1.82, 2.24) is 20.2 Å². The number of benzene rings is 1. The van der Waals surface area contributed by atoms with Gasteiger partial charge in [0.2, 0.25) is 0 Å². The number of tetrazole rings is 1. The Labute approximate surface area is 128 Å². The molecule has 0 bridgehead atoms. The molecule has 0 N–H and O–H groups in total. The van der Waals surface area contributed by atoms with Crippen molar-refractivity contribution in [3.63, 3.8) is 0 Å². The molecule has 2 aromatic heterocycles. The summed E-state index contributed by atoms with van der Waals surface area (Å²) in [6.07, 6.45) is 0. The Morgan fingerprint density at radius 3 is 2.76 bits per heavy atom. The summed E-state index contributed by atoms with van der Waals surface area (Å²) in [7, 11) is 0. The summed E-state index contributed by atoms with van der Waals surface area (Å²) in [5.41, 5.74) is 0.799. The van der Waals surface area contributed by atoms with Gasteiger partial charge in [0.05, 0.1) is 10.0 Å². The molecule has 0 aliphatic heterocycles. The van der Waals surface area contributed by atoms with Gasteiger partial charge >= 0.3 is 5.97 Å². The summed E-state index contributed by atoms with van der Waals surface area (Å²) < 4.78 is 7.26. The quantitative estimate of drug-likeness (QED) is 0.691. The number of nitrogens with zero attached hydrogens (tertiary/aromatic N) is 4.